The Hall–Kier alpha value is -2.14. The minimum Gasteiger partial charge on any atom is -0.348 e. The number of hydrogen-bond donors (Lipinski definition) is 1. The van der Waals surface area contributed by atoms with E-state index < -0.39 is 0 Å². The first-order valence-corrected chi connectivity index (χ1v) is 10.4. The number of nitrogens with one attached hydrogen (secondary N) is 1. The van der Waals surface area contributed by atoms with Gasteiger partial charge in [-0.2, -0.15) is 5.10 Å². The molecule has 2 heterocycles. The Morgan fingerprint density at radius 1 is 1.11 bits per heavy atom. The predicted octanol–water partition coefficient (Wildman–Crippen LogP) is 3.03. The Labute approximate surface area is 160 Å². The fourth-order valence-electron chi connectivity index (χ4n) is 4.72. The van der Waals surface area contributed by atoms with Gasteiger partial charge in [0, 0.05) is 36.4 Å². The molecule has 5 heteroatoms. The van der Waals surface area contributed by atoms with Crippen molar-refractivity contribution in [3.8, 4) is 5.69 Å². The van der Waals surface area contributed by atoms with E-state index in [4.69, 9.17) is 5.10 Å². The molecule has 0 bridgehead atoms. The molecule has 2 aliphatic carbocycles. The highest BCUT2D eigenvalue weighted by molar-refractivity contribution is 5.94. The SMILES string of the molecule is Cc1ccccc1-n1nc(C(=O)NC2CCN(C3CC3)CC2)c2c1CCC2. The lowest BCUT2D eigenvalue weighted by atomic mass is 10.0. The molecule has 5 nitrogen and oxygen atoms in total. The molecule has 0 unspecified atom stereocenters. The third-order valence-electron chi connectivity index (χ3n) is 6.42. The van der Waals surface area contributed by atoms with E-state index in [1.807, 2.05) is 16.8 Å². The second-order valence-corrected chi connectivity index (χ2v) is 8.34. The van der Waals surface area contributed by atoms with Crippen LogP contribution in [0.15, 0.2) is 24.3 Å². The number of para-hydroxylation sites is 1. The summed E-state index contributed by atoms with van der Waals surface area (Å²) in [6, 6.07) is 9.40. The lowest BCUT2D eigenvalue weighted by molar-refractivity contribution is 0.0902. The topological polar surface area (TPSA) is 50.2 Å². The van der Waals surface area contributed by atoms with Crippen molar-refractivity contribution < 1.29 is 4.79 Å². The molecular weight excluding hydrogens is 336 g/mol. The number of nitrogens with zero attached hydrogens (tertiary/aromatic N) is 3. The number of likely N-dealkylation sites (tertiary alicyclic amines) is 1. The largest absolute Gasteiger partial charge is 0.348 e. The van der Waals surface area contributed by atoms with Crippen LogP contribution in [0.4, 0.5) is 0 Å². The molecule has 1 aromatic carbocycles. The zero-order chi connectivity index (χ0) is 18.4. The van der Waals surface area contributed by atoms with Gasteiger partial charge in [0.1, 0.15) is 0 Å². The average molecular weight is 364 g/mol. The summed E-state index contributed by atoms with van der Waals surface area (Å²) in [6.45, 7) is 4.34. The van der Waals surface area contributed by atoms with E-state index in [1.165, 1.54) is 24.1 Å². The number of hydrogen-bond acceptors (Lipinski definition) is 3. The number of carbonyl (C=O) groups excluding carboxylic acids is 1. The van der Waals surface area contributed by atoms with Crippen molar-refractivity contribution in [3.63, 3.8) is 0 Å². The van der Waals surface area contributed by atoms with Crippen molar-refractivity contribution in [2.75, 3.05) is 13.1 Å². The summed E-state index contributed by atoms with van der Waals surface area (Å²) in [5, 5.41) is 8.06. The highest BCUT2D eigenvalue weighted by Crippen LogP contribution is 2.30. The molecule has 1 N–H and O–H groups in total. The number of rotatable bonds is 4. The summed E-state index contributed by atoms with van der Waals surface area (Å²) in [5.74, 6) is 0.0188. The fourth-order valence-corrected chi connectivity index (χ4v) is 4.72. The highest BCUT2D eigenvalue weighted by atomic mass is 16.2. The molecule has 27 heavy (non-hydrogen) atoms. The second-order valence-electron chi connectivity index (χ2n) is 8.34. The lowest BCUT2D eigenvalue weighted by Crippen LogP contribution is -2.45. The van der Waals surface area contributed by atoms with E-state index in [2.05, 4.69) is 29.3 Å². The van der Waals surface area contributed by atoms with Crippen molar-refractivity contribution in [1.82, 2.24) is 20.0 Å². The van der Waals surface area contributed by atoms with E-state index in [0.717, 1.165) is 62.5 Å². The van der Waals surface area contributed by atoms with Gasteiger partial charge < -0.3 is 10.2 Å². The van der Waals surface area contributed by atoms with Gasteiger partial charge in [0.15, 0.2) is 5.69 Å². The molecule has 1 aromatic heterocycles. The number of fused-ring (bicyclic) bond motifs is 1. The Morgan fingerprint density at radius 3 is 2.63 bits per heavy atom. The van der Waals surface area contributed by atoms with Gasteiger partial charge in [-0.25, -0.2) is 4.68 Å². The standard InChI is InChI=1S/C22H28N4O/c1-15-5-2-3-7-19(15)26-20-8-4-6-18(20)21(24-26)22(27)23-16-11-13-25(14-12-16)17-9-10-17/h2-3,5,7,16-17H,4,6,8-14H2,1H3,(H,23,27). The van der Waals surface area contributed by atoms with E-state index >= 15 is 0 Å². The smallest absolute Gasteiger partial charge is 0.272 e. The van der Waals surface area contributed by atoms with E-state index in [0.29, 0.717) is 5.69 Å². The van der Waals surface area contributed by atoms with Crippen LogP contribution in [-0.4, -0.2) is 45.8 Å². The number of benzene rings is 1. The van der Waals surface area contributed by atoms with Crippen molar-refractivity contribution in [1.29, 1.82) is 0 Å². The van der Waals surface area contributed by atoms with Crippen LogP contribution in [0, 0.1) is 6.92 Å². The number of aromatic nitrogens is 2. The molecule has 0 radical (unpaired) electrons. The summed E-state index contributed by atoms with van der Waals surface area (Å²) >= 11 is 0. The van der Waals surface area contributed by atoms with Gasteiger partial charge in [0.2, 0.25) is 0 Å². The normalized spacial score (nSPS) is 20.6. The maximum absolute atomic E-state index is 13.0. The maximum atomic E-state index is 13.0. The molecule has 1 saturated carbocycles. The van der Waals surface area contributed by atoms with Gasteiger partial charge in [-0.05, 0) is 63.5 Å². The number of piperidine rings is 1. The molecule has 1 amide bonds. The third-order valence-corrected chi connectivity index (χ3v) is 6.42. The molecular formula is C22H28N4O. The van der Waals surface area contributed by atoms with E-state index in [1.54, 1.807) is 0 Å². The summed E-state index contributed by atoms with van der Waals surface area (Å²) in [6.07, 6.45) is 7.91. The second kappa shape index (κ2) is 6.79. The fraction of sp³-hybridized carbons (Fsp3) is 0.545. The monoisotopic (exact) mass is 364 g/mol. The number of amides is 1. The van der Waals surface area contributed by atoms with E-state index in [9.17, 15) is 4.79 Å². The van der Waals surface area contributed by atoms with Crippen LogP contribution in [0.25, 0.3) is 5.69 Å². The summed E-state index contributed by atoms with van der Waals surface area (Å²) < 4.78 is 2.02. The lowest BCUT2D eigenvalue weighted by Gasteiger charge is -2.32. The first-order chi connectivity index (χ1) is 13.2. The minimum atomic E-state index is 0.0188. The van der Waals surface area contributed by atoms with Crippen LogP contribution < -0.4 is 5.32 Å². The average Bonchev–Trinajstić information content (AvgIpc) is 3.30. The van der Waals surface area contributed by atoms with Gasteiger partial charge in [0.05, 0.1) is 5.69 Å². The predicted molar refractivity (Wildman–Crippen MR) is 105 cm³/mol. The Balaban J connectivity index is 1.35. The summed E-state index contributed by atoms with van der Waals surface area (Å²) in [5.41, 5.74) is 5.31. The van der Waals surface area contributed by atoms with Crippen LogP contribution in [0.1, 0.15) is 59.4 Å². The van der Waals surface area contributed by atoms with Gasteiger partial charge >= 0.3 is 0 Å². The van der Waals surface area contributed by atoms with Gasteiger partial charge in [0.25, 0.3) is 5.91 Å². The number of carbonyl (C=O) groups is 1. The van der Waals surface area contributed by atoms with Crippen LogP contribution in [-0.2, 0) is 12.8 Å². The first kappa shape index (κ1) is 17.0. The highest BCUT2D eigenvalue weighted by Gasteiger charge is 2.33. The molecule has 1 saturated heterocycles. The molecule has 0 spiro atoms. The summed E-state index contributed by atoms with van der Waals surface area (Å²) in [4.78, 5) is 15.6. The van der Waals surface area contributed by atoms with Gasteiger partial charge in [-0.1, -0.05) is 18.2 Å². The van der Waals surface area contributed by atoms with E-state index in [-0.39, 0.29) is 11.9 Å². The van der Waals surface area contributed by atoms with Crippen LogP contribution >= 0.6 is 0 Å². The van der Waals surface area contributed by atoms with Crippen molar-refractivity contribution >= 4 is 5.91 Å². The molecule has 5 rings (SSSR count). The van der Waals surface area contributed by atoms with Crippen molar-refractivity contribution in [2.24, 2.45) is 0 Å². The van der Waals surface area contributed by atoms with Crippen LogP contribution in [0.3, 0.4) is 0 Å². The molecule has 2 aromatic rings. The molecule has 142 valence electrons. The van der Waals surface area contributed by atoms with Crippen molar-refractivity contribution in [2.45, 2.75) is 64.0 Å². The molecule has 3 aliphatic rings. The van der Waals surface area contributed by atoms with Crippen molar-refractivity contribution in [3.05, 3.63) is 46.8 Å². The molecule has 0 atom stereocenters. The Morgan fingerprint density at radius 2 is 1.89 bits per heavy atom. The third kappa shape index (κ3) is 3.18. The Kier molecular flexibility index (Phi) is 4.27. The molecule has 1 aliphatic heterocycles. The number of aryl methyl sites for hydroxylation is 1. The first-order valence-electron chi connectivity index (χ1n) is 10.4. The van der Waals surface area contributed by atoms with Gasteiger partial charge in [-0.15, -0.1) is 0 Å². The minimum absolute atomic E-state index is 0.0188. The van der Waals surface area contributed by atoms with Crippen LogP contribution in [0.5, 0.6) is 0 Å². The zero-order valence-electron chi connectivity index (χ0n) is 16.1. The van der Waals surface area contributed by atoms with Gasteiger partial charge in [-0.3, -0.25) is 4.79 Å². The maximum Gasteiger partial charge on any atom is 0.272 e. The Bertz CT molecular complexity index is 859. The quantitative estimate of drug-likeness (QED) is 0.907. The van der Waals surface area contributed by atoms with Crippen LogP contribution in [0.2, 0.25) is 0 Å². The zero-order valence-corrected chi connectivity index (χ0v) is 16.1. The molecule has 2 fully saturated rings. The summed E-state index contributed by atoms with van der Waals surface area (Å²) in [7, 11) is 0.